The molecule has 0 unspecified atom stereocenters. The molecule has 0 atom stereocenters. The van der Waals surface area contributed by atoms with E-state index < -0.39 is 23.4 Å². The predicted octanol–water partition coefficient (Wildman–Crippen LogP) is 3.70. The molecule has 0 bridgehead atoms. The number of nitrogens with zero attached hydrogens (tertiary/aromatic N) is 2. The summed E-state index contributed by atoms with van der Waals surface area (Å²) in [6, 6.07) is 0.876. The average molecular weight is 290 g/mol. The molecule has 0 fully saturated rings. The monoisotopic (exact) mass is 290 g/mol. The summed E-state index contributed by atoms with van der Waals surface area (Å²) in [5, 5.41) is 3.00. The Labute approximate surface area is 117 Å². The van der Waals surface area contributed by atoms with Gasteiger partial charge in [0.2, 0.25) is 5.95 Å². The molecule has 0 aliphatic carbocycles. The molecule has 3 N–H and O–H groups in total. The molecule has 114 valence electrons. The minimum absolute atomic E-state index is 0.0297. The van der Waals surface area contributed by atoms with Crippen LogP contribution < -0.4 is 11.1 Å². The lowest BCUT2D eigenvalue weighted by atomic mass is 9.82. The first-order chi connectivity index (χ1) is 8.78. The Morgan fingerprint density at radius 3 is 2.10 bits per heavy atom. The number of nitrogens with one attached hydrogen (secondary N) is 1. The predicted molar refractivity (Wildman–Crippen MR) is 73.2 cm³/mol. The first kappa shape index (κ1) is 16.5. The van der Waals surface area contributed by atoms with Crippen LogP contribution in [0, 0.1) is 5.41 Å². The number of aromatic nitrogens is 2. The highest BCUT2D eigenvalue weighted by atomic mass is 19.4. The third kappa shape index (κ3) is 5.22. The second kappa shape index (κ2) is 5.10. The van der Waals surface area contributed by atoms with Gasteiger partial charge in [-0.1, -0.05) is 20.8 Å². The van der Waals surface area contributed by atoms with Crippen molar-refractivity contribution in [3.63, 3.8) is 0 Å². The van der Waals surface area contributed by atoms with Gasteiger partial charge in [0.25, 0.3) is 0 Å². The van der Waals surface area contributed by atoms with Crippen LogP contribution in [-0.4, -0.2) is 15.5 Å². The Hall–Kier alpha value is -1.53. The van der Waals surface area contributed by atoms with Crippen LogP contribution in [0.15, 0.2) is 6.07 Å². The van der Waals surface area contributed by atoms with Crippen molar-refractivity contribution in [3.8, 4) is 0 Å². The van der Waals surface area contributed by atoms with Gasteiger partial charge in [0, 0.05) is 11.6 Å². The maximum atomic E-state index is 12.7. The summed E-state index contributed by atoms with van der Waals surface area (Å²) in [7, 11) is 0. The fraction of sp³-hybridized carbons (Fsp3) is 0.692. The number of alkyl halides is 3. The molecule has 0 aliphatic heterocycles. The molecule has 1 heterocycles. The molecule has 20 heavy (non-hydrogen) atoms. The Morgan fingerprint density at radius 2 is 1.65 bits per heavy atom. The van der Waals surface area contributed by atoms with E-state index in [2.05, 4.69) is 36.1 Å². The van der Waals surface area contributed by atoms with Gasteiger partial charge >= 0.3 is 6.18 Å². The molecule has 1 aromatic rings. The lowest BCUT2D eigenvalue weighted by molar-refractivity contribution is -0.141. The van der Waals surface area contributed by atoms with Gasteiger partial charge in [-0.3, -0.25) is 0 Å². The molecule has 0 spiro atoms. The van der Waals surface area contributed by atoms with Gasteiger partial charge in [-0.05, 0) is 25.7 Å². The lowest BCUT2D eigenvalue weighted by Crippen LogP contribution is -2.36. The molecule has 0 saturated heterocycles. The molecule has 1 aromatic heterocycles. The molecule has 0 saturated carbocycles. The summed E-state index contributed by atoms with van der Waals surface area (Å²) < 4.78 is 38.0. The van der Waals surface area contributed by atoms with Crippen LogP contribution >= 0.6 is 0 Å². The van der Waals surface area contributed by atoms with Crippen LogP contribution in [0.5, 0.6) is 0 Å². The number of nitrogens with two attached hydrogens (primary N) is 1. The van der Waals surface area contributed by atoms with Crippen molar-refractivity contribution in [2.24, 2.45) is 5.41 Å². The Kier molecular flexibility index (Phi) is 4.22. The minimum atomic E-state index is -4.54. The molecular formula is C13H21F3N4. The molecule has 0 aromatic carbocycles. The molecule has 7 heteroatoms. The van der Waals surface area contributed by atoms with E-state index in [1.807, 2.05) is 13.8 Å². The van der Waals surface area contributed by atoms with Crippen molar-refractivity contribution in [2.45, 2.75) is 52.8 Å². The SMILES string of the molecule is CC(C)(C)CC(C)(C)Nc1cc(C(F)(F)F)nc(N)n1. The summed E-state index contributed by atoms with van der Waals surface area (Å²) in [6.45, 7) is 10.00. The standard InChI is InChI=1S/C13H21F3N4/c1-11(2,3)7-12(4,5)20-9-6-8(13(14,15)16)18-10(17)19-9/h6H,7H2,1-5H3,(H3,17,18,19,20). The molecular weight excluding hydrogens is 269 g/mol. The Balaban J connectivity index is 3.01. The zero-order valence-corrected chi connectivity index (χ0v) is 12.4. The van der Waals surface area contributed by atoms with Crippen molar-refractivity contribution in [2.75, 3.05) is 11.1 Å². The highest BCUT2D eigenvalue weighted by Gasteiger charge is 2.34. The van der Waals surface area contributed by atoms with Crippen LogP contribution in [-0.2, 0) is 6.18 Å². The number of hydrogen-bond acceptors (Lipinski definition) is 4. The summed E-state index contributed by atoms with van der Waals surface area (Å²) >= 11 is 0. The number of halogens is 3. The van der Waals surface area contributed by atoms with Crippen LogP contribution in [0.1, 0.15) is 46.7 Å². The van der Waals surface area contributed by atoms with Gasteiger partial charge in [-0.2, -0.15) is 18.2 Å². The third-order valence-corrected chi connectivity index (χ3v) is 2.47. The highest BCUT2D eigenvalue weighted by molar-refractivity contribution is 5.43. The lowest BCUT2D eigenvalue weighted by Gasteiger charge is -2.33. The number of hydrogen-bond donors (Lipinski definition) is 2. The van der Waals surface area contributed by atoms with Gasteiger partial charge in [0.1, 0.15) is 5.82 Å². The number of nitrogen functional groups attached to an aromatic ring is 1. The fourth-order valence-electron chi connectivity index (χ4n) is 2.39. The van der Waals surface area contributed by atoms with Gasteiger partial charge in [0.15, 0.2) is 5.69 Å². The second-order valence-corrected chi connectivity index (χ2v) is 6.74. The highest BCUT2D eigenvalue weighted by Crippen LogP contribution is 2.32. The van der Waals surface area contributed by atoms with E-state index in [0.29, 0.717) is 0 Å². The summed E-state index contributed by atoms with van der Waals surface area (Å²) in [5.41, 5.74) is 3.91. The second-order valence-electron chi connectivity index (χ2n) is 6.74. The quantitative estimate of drug-likeness (QED) is 0.890. The zero-order chi connectivity index (χ0) is 15.8. The van der Waals surface area contributed by atoms with Crippen LogP contribution in [0.4, 0.5) is 24.9 Å². The van der Waals surface area contributed by atoms with Gasteiger partial charge in [-0.25, -0.2) is 4.98 Å². The van der Waals surface area contributed by atoms with E-state index in [-0.39, 0.29) is 11.2 Å². The van der Waals surface area contributed by atoms with E-state index in [0.717, 1.165) is 12.5 Å². The van der Waals surface area contributed by atoms with E-state index in [1.165, 1.54) is 0 Å². The Morgan fingerprint density at radius 1 is 1.10 bits per heavy atom. The normalized spacial score (nSPS) is 13.4. The average Bonchev–Trinajstić information content (AvgIpc) is 2.09. The summed E-state index contributed by atoms with van der Waals surface area (Å²) in [6.07, 6.45) is -3.78. The summed E-state index contributed by atoms with van der Waals surface area (Å²) in [5.74, 6) is -0.312. The van der Waals surface area contributed by atoms with Gasteiger partial charge in [0.05, 0.1) is 0 Å². The van der Waals surface area contributed by atoms with Crippen molar-refractivity contribution >= 4 is 11.8 Å². The van der Waals surface area contributed by atoms with Crippen molar-refractivity contribution in [1.82, 2.24) is 9.97 Å². The van der Waals surface area contributed by atoms with E-state index >= 15 is 0 Å². The molecule has 0 amide bonds. The first-order valence-corrected chi connectivity index (χ1v) is 6.28. The molecule has 0 aliphatic rings. The zero-order valence-electron chi connectivity index (χ0n) is 12.4. The van der Waals surface area contributed by atoms with Crippen LogP contribution in [0.3, 0.4) is 0 Å². The Bertz CT molecular complexity index is 475. The minimum Gasteiger partial charge on any atom is -0.368 e. The van der Waals surface area contributed by atoms with Gasteiger partial charge < -0.3 is 11.1 Å². The van der Waals surface area contributed by atoms with Crippen molar-refractivity contribution in [1.29, 1.82) is 0 Å². The maximum Gasteiger partial charge on any atom is 0.433 e. The maximum absolute atomic E-state index is 12.7. The number of anilines is 2. The number of rotatable bonds is 3. The third-order valence-electron chi connectivity index (χ3n) is 2.47. The smallest absolute Gasteiger partial charge is 0.368 e. The summed E-state index contributed by atoms with van der Waals surface area (Å²) in [4.78, 5) is 7.03. The molecule has 1 rings (SSSR count). The first-order valence-electron chi connectivity index (χ1n) is 6.28. The van der Waals surface area contributed by atoms with Crippen LogP contribution in [0.2, 0.25) is 0 Å². The van der Waals surface area contributed by atoms with E-state index in [9.17, 15) is 13.2 Å². The largest absolute Gasteiger partial charge is 0.433 e. The fourth-order valence-corrected chi connectivity index (χ4v) is 2.39. The molecule has 0 radical (unpaired) electrons. The van der Waals surface area contributed by atoms with Gasteiger partial charge in [-0.15, -0.1) is 0 Å². The van der Waals surface area contributed by atoms with Crippen LogP contribution in [0.25, 0.3) is 0 Å². The molecule has 4 nitrogen and oxygen atoms in total. The van der Waals surface area contributed by atoms with Crippen molar-refractivity contribution in [3.05, 3.63) is 11.8 Å². The van der Waals surface area contributed by atoms with E-state index in [1.54, 1.807) is 0 Å². The topological polar surface area (TPSA) is 63.8 Å². The van der Waals surface area contributed by atoms with E-state index in [4.69, 9.17) is 5.73 Å². The van der Waals surface area contributed by atoms with Crippen molar-refractivity contribution < 1.29 is 13.2 Å².